The number of fused-ring (bicyclic) bond motifs is 1. The van der Waals surface area contributed by atoms with Crippen molar-refractivity contribution in [3.63, 3.8) is 0 Å². The molecule has 1 N–H and O–H groups in total. The van der Waals surface area contributed by atoms with Gasteiger partial charge in [-0.25, -0.2) is 15.1 Å². The average Bonchev–Trinajstić information content (AvgIpc) is 3.55. The summed E-state index contributed by atoms with van der Waals surface area (Å²) in [7, 11) is 0. The molecule has 0 aliphatic rings. The van der Waals surface area contributed by atoms with Gasteiger partial charge < -0.3 is 8.98 Å². The van der Waals surface area contributed by atoms with Gasteiger partial charge in [0.25, 0.3) is 5.91 Å². The van der Waals surface area contributed by atoms with Crippen LogP contribution < -0.4 is 5.43 Å². The van der Waals surface area contributed by atoms with Crippen LogP contribution >= 0.6 is 0 Å². The van der Waals surface area contributed by atoms with Gasteiger partial charge in [0, 0.05) is 11.8 Å². The molecule has 0 saturated carbocycles. The van der Waals surface area contributed by atoms with E-state index in [4.69, 9.17) is 4.42 Å². The number of hydrazone groups is 1. The first-order chi connectivity index (χ1) is 15.3. The van der Waals surface area contributed by atoms with E-state index in [1.54, 1.807) is 34.1 Å². The number of carbonyl (C=O) groups is 1. The third-order valence-electron chi connectivity index (χ3n) is 4.75. The number of furan rings is 1. The number of imidazole rings is 1. The maximum Gasteiger partial charge on any atom is 0.260 e. The van der Waals surface area contributed by atoms with Crippen molar-refractivity contribution >= 4 is 23.2 Å². The fourth-order valence-electron chi connectivity index (χ4n) is 3.30. The molecule has 0 radical (unpaired) electrons. The summed E-state index contributed by atoms with van der Waals surface area (Å²) >= 11 is 0. The Hall–Kier alpha value is -4.46. The molecule has 0 unspecified atom stereocenters. The first-order valence-corrected chi connectivity index (χ1v) is 9.69. The van der Waals surface area contributed by atoms with Gasteiger partial charge >= 0.3 is 0 Å². The molecular weight excluding hydrogens is 392 g/mol. The van der Waals surface area contributed by atoms with Crippen LogP contribution in [-0.4, -0.2) is 31.5 Å². The normalized spacial score (nSPS) is 11.4. The Kier molecular flexibility index (Phi) is 4.86. The van der Waals surface area contributed by atoms with Crippen LogP contribution in [0.25, 0.3) is 28.2 Å². The lowest BCUT2D eigenvalue weighted by molar-refractivity contribution is -0.121. The van der Waals surface area contributed by atoms with E-state index in [2.05, 4.69) is 20.6 Å². The van der Waals surface area contributed by atoms with E-state index in [0.29, 0.717) is 17.0 Å². The topological polar surface area (TPSA) is 90.2 Å². The zero-order valence-electron chi connectivity index (χ0n) is 16.4. The third-order valence-corrected chi connectivity index (χ3v) is 4.75. The minimum absolute atomic E-state index is 0.117. The van der Waals surface area contributed by atoms with E-state index in [1.165, 1.54) is 0 Å². The Morgan fingerprint density at radius 3 is 2.74 bits per heavy atom. The van der Waals surface area contributed by atoms with Crippen molar-refractivity contribution in [3.8, 4) is 17.1 Å². The van der Waals surface area contributed by atoms with E-state index >= 15 is 0 Å². The van der Waals surface area contributed by atoms with Crippen LogP contribution in [0.2, 0.25) is 0 Å². The highest BCUT2D eigenvalue weighted by Crippen LogP contribution is 2.23. The van der Waals surface area contributed by atoms with Gasteiger partial charge in [0.2, 0.25) is 0 Å². The summed E-state index contributed by atoms with van der Waals surface area (Å²) in [5.74, 6) is 0.363. The lowest BCUT2D eigenvalue weighted by Crippen LogP contribution is -2.22. The summed E-state index contributed by atoms with van der Waals surface area (Å²) < 4.78 is 9.04. The van der Waals surface area contributed by atoms with Crippen molar-refractivity contribution in [2.45, 2.75) is 6.54 Å². The van der Waals surface area contributed by atoms with Crippen LogP contribution in [0.5, 0.6) is 0 Å². The molecule has 8 heteroatoms. The number of benzene rings is 2. The first kappa shape index (κ1) is 18.6. The summed E-state index contributed by atoms with van der Waals surface area (Å²) in [5.41, 5.74) is 6.56. The number of para-hydroxylation sites is 3. The van der Waals surface area contributed by atoms with E-state index in [9.17, 15) is 4.79 Å². The molecule has 0 aliphatic heterocycles. The second-order valence-corrected chi connectivity index (χ2v) is 6.84. The molecule has 3 heterocycles. The highest BCUT2D eigenvalue weighted by atomic mass is 16.3. The number of nitrogens with one attached hydrogen (secondary N) is 1. The number of hydrogen-bond acceptors (Lipinski definition) is 5. The van der Waals surface area contributed by atoms with E-state index in [1.807, 2.05) is 66.9 Å². The maximum atomic E-state index is 12.4. The number of carbonyl (C=O) groups excluding carboxylic acids is 1. The molecule has 8 nitrogen and oxygen atoms in total. The molecule has 0 fully saturated rings. The first-order valence-electron chi connectivity index (χ1n) is 9.69. The molecule has 0 spiro atoms. The fraction of sp³-hybridized carbons (Fsp3) is 0.0435. The second-order valence-electron chi connectivity index (χ2n) is 6.84. The molecule has 31 heavy (non-hydrogen) atoms. The van der Waals surface area contributed by atoms with Crippen molar-refractivity contribution in [1.29, 1.82) is 0 Å². The van der Waals surface area contributed by atoms with Crippen molar-refractivity contribution < 1.29 is 9.21 Å². The summed E-state index contributed by atoms with van der Waals surface area (Å²) in [6.07, 6.45) is 6.64. The summed E-state index contributed by atoms with van der Waals surface area (Å²) in [4.78, 5) is 16.7. The van der Waals surface area contributed by atoms with E-state index in [0.717, 1.165) is 16.7 Å². The van der Waals surface area contributed by atoms with Gasteiger partial charge in [-0.15, -0.1) is 0 Å². The Morgan fingerprint density at radius 1 is 1.06 bits per heavy atom. The highest BCUT2D eigenvalue weighted by molar-refractivity contribution is 5.89. The van der Waals surface area contributed by atoms with Gasteiger partial charge in [-0.3, -0.25) is 4.79 Å². The van der Waals surface area contributed by atoms with Crippen molar-refractivity contribution in [3.05, 3.63) is 91.1 Å². The average molecular weight is 410 g/mol. The lowest BCUT2D eigenvalue weighted by atomic mass is 10.2. The quantitative estimate of drug-likeness (QED) is 0.342. The molecule has 2 aromatic carbocycles. The monoisotopic (exact) mass is 410 g/mol. The smallest absolute Gasteiger partial charge is 0.260 e. The maximum absolute atomic E-state index is 12.4. The molecule has 5 aromatic rings. The molecular formula is C23H18N6O2. The van der Waals surface area contributed by atoms with Crippen LogP contribution in [0.4, 0.5) is 0 Å². The zero-order valence-corrected chi connectivity index (χ0v) is 16.4. The van der Waals surface area contributed by atoms with Gasteiger partial charge in [-0.1, -0.05) is 30.3 Å². The van der Waals surface area contributed by atoms with Gasteiger partial charge in [-0.05, 0) is 36.4 Å². The Labute approximate surface area is 177 Å². The predicted molar refractivity (Wildman–Crippen MR) is 117 cm³/mol. The van der Waals surface area contributed by atoms with Gasteiger partial charge in [-0.2, -0.15) is 10.2 Å². The van der Waals surface area contributed by atoms with Gasteiger partial charge in [0.05, 0.1) is 35.5 Å². The molecule has 1 amide bonds. The minimum atomic E-state index is -0.255. The summed E-state index contributed by atoms with van der Waals surface area (Å²) in [6.45, 7) is 0.117. The van der Waals surface area contributed by atoms with Crippen LogP contribution in [0.1, 0.15) is 5.56 Å². The molecule has 0 atom stereocenters. The number of rotatable bonds is 6. The summed E-state index contributed by atoms with van der Waals surface area (Å²) in [6, 6.07) is 21.0. The molecule has 0 saturated heterocycles. The number of amides is 1. The van der Waals surface area contributed by atoms with Crippen molar-refractivity contribution in [2.75, 3.05) is 0 Å². The minimum Gasteiger partial charge on any atom is -0.463 e. The van der Waals surface area contributed by atoms with Crippen LogP contribution in [0.15, 0.2) is 95.0 Å². The van der Waals surface area contributed by atoms with E-state index in [-0.39, 0.29) is 12.5 Å². The third kappa shape index (κ3) is 3.86. The lowest BCUT2D eigenvalue weighted by Gasteiger charge is -2.02. The number of aromatic nitrogens is 4. The molecule has 0 aliphatic carbocycles. The number of hydrogen-bond donors (Lipinski definition) is 1. The highest BCUT2D eigenvalue weighted by Gasteiger charge is 2.13. The van der Waals surface area contributed by atoms with E-state index < -0.39 is 0 Å². The Bertz CT molecular complexity index is 1350. The number of nitrogens with zero attached hydrogens (tertiary/aromatic N) is 5. The van der Waals surface area contributed by atoms with Crippen LogP contribution in [-0.2, 0) is 11.3 Å². The van der Waals surface area contributed by atoms with Gasteiger partial charge in [0.1, 0.15) is 12.2 Å². The molecule has 0 bridgehead atoms. The van der Waals surface area contributed by atoms with Crippen LogP contribution in [0.3, 0.4) is 0 Å². The van der Waals surface area contributed by atoms with Gasteiger partial charge in [0.15, 0.2) is 5.76 Å². The largest absolute Gasteiger partial charge is 0.463 e. The second kappa shape index (κ2) is 8.11. The Morgan fingerprint density at radius 2 is 1.90 bits per heavy atom. The van der Waals surface area contributed by atoms with Crippen molar-refractivity contribution in [1.82, 2.24) is 24.8 Å². The molecule has 3 aromatic heterocycles. The SMILES string of the molecule is O=C(Cn1cnc2ccccc21)N/N=C\c1cn(-c2ccccc2)nc1-c1ccco1. The Balaban J connectivity index is 1.35. The molecule has 152 valence electrons. The predicted octanol–water partition coefficient (Wildman–Crippen LogP) is 3.63. The van der Waals surface area contributed by atoms with Crippen LogP contribution in [0, 0.1) is 0 Å². The van der Waals surface area contributed by atoms with Crippen molar-refractivity contribution in [2.24, 2.45) is 5.10 Å². The summed E-state index contributed by atoms with van der Waals surface area (Å²) in [5, 5.41) is 8.75. The fourth-order valence-corrected chi connectivity index (χ4v) is 3.30. The zero-order chi connectivity index (χ0) is 21.0. The molecule has 5 rings (SSSR count). The standard InChI is InChI=1S/C23H18N6O2/c30-22(15-28-16-24-19-9-4-5-10-20(19)28)26-25-13-17-14-29(18-7-2-1-3-8-18)27-23(17)21-11-6-12-31-21/h1-14,16H,15H2,(H,26,30)/b25-13-.